The molecule has 4 heteroatoms. The van der Waals surface area contributed by atoms with Gasteiger partial charge in [-0.1, -0.05) is 18.2 Å². The van der Waals surface area contributed by atoms with Gasteiger partial charge in [-0.25, -0.2) is 8.42 Å². The molecule has 0 saturated heterocycles. The van der Waals surface area contributed by atoms with Gasteiger partial charge >= 0.3 is 0 Å². The molecule has 0 aliphatic heterocycles. The van der Waals surface area contributed by atoms with E-state index in [4.69, 9.17) is 5.11 Å². The Kier molecular flexibility index (Phi) is 4.50. The molecule has 0 aromatic heterocycles. The van der Waals surface area contributed by atoms with Gasteiger partial charge in [0.25, 0.3) is 0 Å². The molecule has 0 amide bonds. The van der Waals surface area contributed by atoms with Crippen LogP contribution in [-0.4, -0.2) is 25.9 Å². The molecule has 0 spiro atoms. The van der Waals surface area contributed by atoms with Crippen molar-refractivity contribution in [1.82, 2.24) is 0 Å². The zero-order valence-corrected chi connectivity index (χ0v) is 10.5. The van der Waals surface area contributed by atoms with Gasteiger partial charge in [0.15, 0.2) is 9.84 Å². The standard InChI is InChI=1S/C12H18O3S/c1-10(13)6-5-8-11-7-3-4-9-12(11)16(2,14)15/h3-4,7,9-10,13H,5-6,8H2,1-2H3/t10-/m0/s1. The van der Waals surface area contributed by atoms with Crippen molar-refractivity contribution >= 4 is 9.84 Å². The Balaban J connectivity index is 2.80. The summed E-state index contributed by atoms with van der Waals surface area (Å²) in [5.41, 5.74) is 0.839. The van der Waals surface area contributed by atoms with Crippen molar-refractivity contribution in [3.8, 4) is 0 Å². The second-order valence-electron chi connectivity index (χ2n) is 4.12. The van der Waals surface area contributed by atoms with Crippen molar-refractivity contribution in [1.29, 1.82) is 0 Å². The molecule has 3 nitrogen and oxygen atoms in total. The smallest absolute Gasteiger partial charge is 0.175 e. The summed E-state index contributed by atoms with van der Waals surface area (Å²) in [7, 11) is -3.15. The van der Waals surface area contributed by atoms with E-state index in [1.54, 1.807) is 19.1 Å². The predicted octanol–water partition coefficient (Wildman–Crippen LogP) is 1.79. The van der Waals surface area contributed by atoms with Crippen LogP contribution in [0.15, 0.2) is 29.2 Å². The van der Waals surface area contributed by atoms with Crippen LogP contribution in [0.4, 0.5) is 0 Å². The van der Waals surface area contributed by atoms with Crippen molar-refractivity contribution in [3.05, 3.63) is 29.8 Å². The lowest BCUT2D eigenvalue weighted by Gasteiger charge is -2.08. The van der Waals surface area contributed by atoms with E-state index in [-0.39, 0.29) is 6.10 Å². The van der Waals surface area contributed by atoms with Gasteiger partial charge in [0.2, 0.25) is 0 Å². The van der Waals surface area contributed by atoms with Crippen LogP contribution < -0.4 is 0 Å². The van der Waals surface area contributed by atoms with Gasteiger partial charge in [-0.2, -0.15) is 0 Å². The van der Waals surface area contributed by atoms with E-state index in [0.717, 1.165) is 12.0 Å². The van der Waals surface area contributed by atoms with Crippen LogP contribution in [-0.2, 0) is 16.3 Å². The van der Waals surface area contributed by atoms with Gasteiger partial charge in [-0.3, -0.25) is 0 Å². The molecule has 0 unspecified atom stereocenters. The number of aliphatic hydroxyl groups excluding tert-OH is 1. The average molecular weight is 242 g/mol. The van der Waals surface area contributed by atoms with Gasteiger partial charge in [-0.05, 0) is 37.8 Å². The molecule has 90 valence electrons. The van der Waals surface area contributed by atoms with Gasteiger partial charge in [0.05, 0.1) is 11.0 Å². The maximum absolute atomic E-state index is 11.5. The molecule has 0 bridgehead atoms. The SMILES string of the molecule is C[C@H](O)CCCc1ccccc1S(C)(=O)=O. The summed E-state index contributed by atoms with van der Waals surface area (Å²) in [6.45, 7) is 1.74. The summed E-state index contributed by atoms with van der Waals surface area (Å²) in [6.07, 6.45) is 3.07. The Labute approximate surface area is 97.0 Å². The highest BCUT2D eigenvalue weighted by Gasteiger charge is 2.11. The van der Waals surface area contributed by atoms with E-state index in [0.29, 0.717) is 17.7 Å². The van der Waals surface area contributed by atoms with E-state index in [1.165, 1.54) is 6.26 Å². The average Bonchev–Trinajstić information content (AvgIpc) is 2.16. The highest BCUT2D eigenvalue weighted by atomic mass is 32.2. The number of benzene rings is 1. The minimum atomic E-state index is -3.15. The number of aliphatic hydroxyl groups is 1. The minimum absolute atomic E-state index is 0.328. The summed E-state index contributed by atoms with van der Waals surface area (Å²) in [4.78, 5) is 0.403. The van der Waals surface area contributed by atoms with Crippen molar-refractivity contribution in [2.45, 2.75) is 37.2 Å². The zero-order chi connectivity index (χ0) is 12.2. The number of hydrogen-bond acceptors (Lipinski definition) is 3. The van der Waals surface area contributed by atoms with E-state index in [2.05, 4.69) is 0 Å². The first-order chi connectivity index (χ1) is 7.41. The fourth-order valence-corrected chi connectivity index (χ4v) is 2.63. The van der Waals surface area contributed by atoms with Crippen molar-refractivity contribution in [2.75, 3.05) is 6.26 Å². The van der Waals surface area contributed by atoms with E-state index in [1.807, 2.05) is 12.1 Å². The first-order valence-electron chi connectivity index (χ1n) is 5.37. The quantitative estimate of drug-likeness (QED) is 0.856. The van der Waals surface area contributed by atoms with Gasteiger partial charge in [0, 0.05) is 6.26 Å². The molecule has 1 aromatic carbocycles. The molecule has 0 radical (unpaired) electrons. The Morgan fingerprint density at radius 1 is 1.31 bits per heavy atom. The second-order valence-corrected chi connectivity index (χ2v) is 6.11. The number of rotatable bonds is 5. The van der Waals surface area contributed by atoms with E-state index in [9.17, 15) is 8.42 Å². The fraction of sp³-hybridized carbons (Fsp3) is 0.500. The van der Waals surface area contributed by atoms with E-state index >= 15 is 0 Å². The topological polar surface area (TPSA) is 54.4 Å². The third-order valence-corrected chi connectivity index (χ3v) is 3.64. The molecule has 0 aliphatic rings. The van der Waals surface area contributed by atoms with E-state index < -0.39 is 9.84 Å². The summed E-state index contributed by atoms with van der Waals surface area (Å²) < 4.78 is 23.0. The van der Waals surface area contributed by atoms with Crippen molar-refractivity contribution < 1.29 is 13.5 Å². The summed E-state index contributed by atoms with van der Waals surface area (Å²) in [5, 5.41) is 9.14. The molecular weight excluding hydrogens is 224 g/mol. The first-order valence-corrected chi connectivity index (χ1v) is 7.26. The number of hydrogen-bond donors (Lipinski definition) is 1. The molecule has 0 fully saturated rings. The molecule has 1 atom stereocenters. The largest absolute Gasteiger partial charge is 0.393 e. The first kappa shape index (κ1) is 13.2. The summed E-state index contributed by atoms with van der Waals surface area (Å²) >= 11 is 0. The molecule has 0 saturated carbocycles. The van der Waals surface area contributed by atoms with Crippen LogP contribution in [0.1, 0.15) is 25.3 Å². The third kappa shape index (κ3) is 3.94. The second kappa shape index (κ2) is 5.46. The molecule has 0 heterocycles. The fourth-order valence-electron chi connectivity index (χ4n) is 1.66. The molecule has 0 aliphatic carbocycles. The van der Waals surface area contributed by atoms with Gasteiger partial charge in [0.1, 0.15) is 0 Å². The van der Waals surface area contributed by atoms with Crippen LogP contribution in [0.3, 0.4) is 0 Å². The Hall–Kier alpha value is -0.870. The van der Waals surface area contributed by atoms with Crippen LogP contribution >= 0.6 is 0 Å². The van der Waals surface area contributed by atoms with Crippen molar-refractivity contribution in [2.24, 2.45) is 0 Å². The summed E-state index contributed by atoms with van der Waals surface area (Å²) in [6, 6.07) is 7.03. The van der Waals surface area contributed by atoms with Gasteiger partial charge in [-0.15, -0.1) is 0 Å². The summed E-state index contributed by atoms with van der Waals surface area (Å²) in [5.74, 6) is 0. The normalized spacial score (nSPS) is 13.7. The van der Waals surface area contributed by atoms with Gasteiger partial charge < -0.3 is 5.11 Å². The Bertz CT molecular complexity index is 435. The highest BCUT2D eigenvalue weighted by Crippen LogP contribution is 2.17. The molecule has 1 aromatic rings. The zero-order valence-electron chi connectivity index (χ0n) is 9.68. The third-order valence-electron chi connectivity index (χ3n) is 2.44. The maximum atomic E-state index is 11.5. The lowest BCUT2D eigenvalue weighted by molar-refractivity contribution is 0.181. The lowest BCUT2D eigenvalue weighted by atomic mass is 10.1. The van der Waals surface area contributed by atoms with Crippen LogP contribution in [0.2, 0.25) is 0 Å². The Morgan fingerprint density at radius 3 is 2.50 bits per heavy atom. The maximum Gasteiger partial charge on any atom is 0.175 e. The molecule has 1 N–H and O–H groups in total. The van der Waals surface area contributed by atoms with Crippen LogP contribution in [0.5, 0.6) is 0 Å². The minimum Gasteiger partial charge on any atom is -0.393 e. The van der Waals surface area contributed by atoms with Crippen LogP contribution in [0.25, 0.3) is 0 Å². The highest BCUT2D eigenvalue weighted by molar-refractivity contribution is 7.90. The van der Waals surface area contributed by atoms with Crippen molar-refractivity contribution in [3.63, 3.8) is 0 Å². The van der Waals surface area contributed by atoms with Crippen LogP contribution in [0, 0.1) is 0 Å². The number of sulfone groups is 1. The number of aryl methyl sites for hydroxylation is 1. The molecule has 16 heavy (non-hydrogen) atoms. The lowest BCUT2D eigenvalue weighted by Crippen LogP contribution is -2.04. The Morgan fingerprint density at radius 2 is 1.94 bits per heavy atom. The monoisotopic (exact) mass is 242 g/mol. The molecular formula is C12H18O3S. The predicted molar refractivity (Wildman–Crippen MR) is 64.2 cm³/mol. The molecule has 1 rings (SSSR count).